The van der Waals surface area contributed by atoms with Gasteiger partial charge in [0.1, 0.15) is 11.6 Å². The zero-order valence-corrected chi connectivity index (χ0v) is 15.2. The smallest absolute Gasteiger partial charge is 0.229 e. The van der Waals surface area contributed by atoms with Gasteiger partial charge in [0.05, 0.1) is 18.3 Å². The lowest BCUT2D eigenvalue weighted by molar-refractivity contribution is -0.115. The molecule has 0 saturated heterocycles. The number of anilines is 2. The Hall–Kier alpha value is -3.21. The fourth-order valence-corrected chi connectivity index (χ4v) is 2.81. The molecule has 138 valence electrons. The lowest BCUT2D eigenvalue weighted by atomic mass is 10.1. The minimum atomic E-state index is -0.191. The second kappa shape index (κ2) is 8.94. The average molecular weight is 363 g/mol. The van der Waals surface area contributed by atoms with E-state index in [0.717, 1.165) is 16.8 Å². The molecule has 0 radical (unpaired) electrons. The van der Waals surface area contributed by atoms with Crippen LogP contribution in [0.5, 0.6) is 0 Å². The molecular formula is C22H22FN3O. The van der Waals surface area contributed by atoms with Crippen LogP contribution < -0.4 is 10.6 Å². The highest BCUT2D eigenvalue weighted by Gasteiger charge is 2.06. The zero-order valence-electron chi connectivity index (χ0n) is 15.2. The molecule has 0 spiro atoms. The summed E-state index contributed by atoms with van der Waals surface area (Å²) in [6.07, 6.45) is 2.55. The number of halogens is 1. The summed E-state index contributed by atoms with van der Waals surface area (Å²) < 4.78 is 13.6. The van der Waals surface area contributed by atoms with Crippen molar-refractivity contribution in [2.45, 2.75) is 19.8 Å². The van der Waals surface area contributed by atoms with Crippen molar-refractivity contribution >= 4 is 17.4 Å². The Morgan fingerprint density at radius 3 is 2.67 bits per heavy atom. The minimum Gasteiger partial charge on any atom is -0.383 e. The van der Waals surface area contributed by atoms with Crippen molar-refractivity contribution in [1.29, 1.82) is 0 Å². The van der Waals surface area contributed by atoms with E-state index < -0.39 is 0 Å². The van der Waals surface area contributed by atoms with Crippen LogP contribution in [0.4, 0.5) is 15.9 Å². The molecule has 3 aromatic rings. The molecule has 0 bridgehead atoms. The molecule has 0 fully saturated rings. The van der Waals surface area contributed by atoms with Crippen LogP contribution in [-0.2, 0) is 17.6 Å². The molecule has 5 heteroatoms. The molecule has 1 heterocycles. The van der Waals surface area contributed by atoms with Gasteiger partial charge >= 0.3 is 0 Å². The van der Waals surface area contributed by atoms with E-state index in [1.54, 1.807) is 24.4 Å². The second-order valence-corrected chi connectivity index (χ2v) is 6.41. The maximum Gasteiger partial charge on any atom is 0.229 e. The number of nitrogens with zero attached hydrogens (tertiary/aromatic N) is 1. The van der Waals surface area contributed by atoms with Gasteiger partial charge in [0.15, 0.2) is 0 Å². The van der Waals surface area contributed by atoms with Crippen molar-refractivity contribution in [3.63, 3.8) is 0 Å². The van der Waals surface area contributed by atoms with Gasteiger partial charge in [-0.15, -0.1) is 0 Å². The topological polar surface area (TPSA) is 54.0 Å². The van der Waals surface area contributed by atoms with E-state index in [2.05, 4.69) is 15.6 Å². The third-order valence-electron chi connectivity index (χ3n) is 4.16. The maximum absolute atomic E-state index is 13.6. The summed E-state index contributed by atoms with van der Waals surface area (Å²) >= 11 is 0. The van der Waals surface area contributed by atoms with Crippen LogP contribution in [0.2, 0.25) is 0 Å². The Morgan fingerprint density at radius 2 is 1.93 bits per heavy atom. The van der Waals surface area contributed by atoms with Crippen molar-refractivity contribution in [1.82, 2.24) is 4.98 Å². The molecule has 2 aromatic carbocycles. The molecule has 0 aliphatic heterocycles. The van der Waals surface area contributed by atoms with E-state index in [-0.39, 0.29) is 11.7 Å². The molecule has 2 N–H and O–H groups in total. The number of rotatable bonds is 7. The molecule has 27 heavy (non-hydrogen) atoms. The number of carbonyl (C=O) groups is 1. The summed E-state index contributed by atoms with van der Waals surface area (Å²) in [7, 11) is 0. The number of aryl methyl sites for hydroxylation is 1. The molecule has 0 aliphatic rings. The van der Waals surface area contributed by atoms with E-state index in [0.29, 0.717) is 30.8 Å². The summed E-state index contributed by atoms with van der Waals surface area (Å²) in [4.78, 5) is 16.4. The summed E-state index contributed by atoms with van der Waals surface area (Å²) in [6.45, 7) is 2.60. The van der Waals surface area contributed by atoms with Gasteiger partial charge in [0, 0.05) is 6.54 Å². The van der Waals surface area contributed by atoms with Crippen LogP contribution in [0.15, 0.2) is 66.9 Å². The number of amides is 1. The van der Waals surface area contributed by atoms with Crippen molar-refractivity contribution in [2.24, 2.45) is 0 Å². The third kappa shape index (κ3) is 5.64. The Bertz CT molecular complexity index is 909. The second-order valence-electron chi connectivity index (χ2n) is 6.41. The van der Waals surface area contributed by atoms with Gasteiger partial charge in [-0.3, -0.25) is 4.79 Å². The van der Waals surface area contributed by atoms with Gasteiger partial charge in [-0.05, 0) is 42.7 Å². The monoisotopic (exact) mass is 363 g/mol. The van der Waals surface area contributed by atoms with E-state index in [1.165, 1.54) is 6.07 Å². The van der Waals surface area contributed by atoms with Crippen LogP contribution in [-0.4, -0.2) is 17.4 Å². The van der Waals surface area contributed by atoms with E-state index in [4.69, 9.17) is 0 Å². The SMILES string of the molecule is Cc1cccc(CC(=O)Nc2ccc(NCCc3ccccc3F)cn2)c1. The molecular weight excluding hydrogens is 341 g/mol. The standard InChI is InChI=1S/C22H22FN3O/c1-16-5-4-6-17(13-16)14-22(27)26-21-10-9-19(15-25-21)24-12-11-18-7-2-3-8-20(18)23/h2-10,13,15,24H,11-12,14H2,1H3,(H,25,26,27). The molecule has 0 aliphatic carbocycles. The highest BCUT2D eigenvalue weighted by molar-refractivity contribution is 5.91. The highest BCUT2D eigenvalue weighted by Crippen LogP contribution is 2.12. The van der Waals surface area contributed by atoms with Crippen molar-refractivity contribution in [3.8, 4) is 0 Å². The number of carbonyl (C=O) groups excluding carboxylic acids is 1. The Labute approximate surface area is 158 Å². The molecule has 3 rings (SSSR count). The third-order valence-corrected chi connectivity index (χ3v) is 4.16. The van der Waals surface area contributed by atoms with Gasteiger partial charge in [0.2, 0.25) is 5.91 Å². The lowest BCUT2D eigenvalue weighted by Crippen LogP contribution is -2.15. The number of hydrogen-bond acceptors (Lipinski definition) is 3. The number of pyridine rings is 1. The van der Waals surface area contributed by atoms with E-state index in [9.17, 15) is 9.18 Å². The summed E-state index contributed by atoms with van der Waals surface area (Å²) in [6, 6.07) is 18.2. The number of hydrogen-bond donors (Lipinski definition) is 2. The first-order valence-corrected chi connectivity index (χ1v) is 8.89. The van der Waals surface area contributed by atoms with Gasteiger partial charge in [-0.2, -0.15) is 0 Å². The quantitative estimate of drug-likeness (QED) is 0.656. The zero-order chi connectivity index (χ0) is 19.1. The molecule has 1 amide bonds. The predicted molar refractivity (Wildman–Crippen MR) is 106 cm³/mol. The van der Waals surface area contributed by atoms with Gasteiger partial charge < -0.3 is 10.6 Å². The fraction of sp³-hybridized carbons (Fsp3) is 0.182. The first kappa shape index (κ1) is 18.6. The number of nitrogens with one attached hydrogen (secondary N) is 2. The van der Waals surface area contributed by atoms with E-state index >= 15 is 0 Å². The normalized spacial score (nSPS) is 10.4. The largest absolute Gasteiger partial charge is 0.383 e. The van der Waals surface area contributed by atoms with Crippen LogP contribution >= 0.6 is 0 Å². The van der Waals surface area contributed by atoms with Crippen molar-refractivity contribution in [2.75, 3.05) is 17.2 Å². The summed E-state index contributed by atoms with van der Waals surface area (Å²) in [5.74, 6) is 0.213. The summed E-state index contributed by atoms with van der Waals surface area (Å²) in [5.41, 5.74) is 3.60. The van der Waals surface area contributed by atoms with Crippen LogP contribution in [0, 0.1) is 12.7 Å². The number of benzene rings is 2. The van der Waals surface area contributed by atoms with Crippen molar-refractivity contribution in [3.05, 3.63) is 89.4 Å². The molecule has 0 atom stereocenters. The maximum atomic E-state index is 13.6. The van der Waals surface area contributed by atoms with Crippen LogP contribution in [0.1, 0.15) is 16.7 Å². The Morgan fingerprint density at radius 1 is 1.07 bits per heavy atom. The first-order valence-electron chi connectivity index (χ1n) is 8.89. The van der Waals surface area contributed by atoms with Gasteiger partial charge in [-0.25, -0.2) is 9.37 Å². The first-order chi connectivity index (χ1) is 13.1. The fourth-order valence-electron chi connectivity index (χ4n) is 2.81. The summed E-state index contributed by atoms with van der Waals surface area (Å²) in [5, 5.41) is 6.00. The lowest BCUT2D eigenvalue weighted by Gasteiger charge is -2.09. The molecule has 4 nitrogen and oxygen atoms in total. The Balaban J connectivity index is 1.48. The van der Waals surface area contributed by atoms with Gasteiger partial charge in [0.25, 0.3) is 0 Å². The van der Waals surface area contributed by atoms with Crippen LogP contribution in [0.25, 0.3) is 0 Å². The Kier molecular flexibility index (Phi) is 6.15. The van der Waals surface area contributed by atoms with Crippen LogP contribution in [0.3, 0.4) is 0 Å². The molecule has 0 saturated carbocycles. The number of aromatic nitrogens is 1. The molecule has 0 unspecified atom stereocenters. The van der Waals surface area contributed by atoms with Gasteiger partial charge in [-0.1, -0.05) is 48.0 Å². The molecule has 1 aromatic heterocycles. The highest BCUT2D eigenvalue weighted by atomic mass is 19.1. The average Bonchev–Trinajstić information content (AvgIpc) is 2.65. The van der Waals surface area contributed by atoms with Crippen molar-refractivity contribution < 1.29 is 9.18 Å². The minimum absolute atomic E-state index is 0.103. The predicted octanol–water partition coefficient (Wildman–Crippen LogP) is 4.36. The van der Waals surface area contributed by atoms with E-state index in [1.807, 2.05) is 43.3 Å².